The summed E-state index contributed by atoms with van der Waals surface area (Å²) in [5, 5.41) is 21.2. The molecule has 10 nitrogen and oxygen atoms in total. The Hall–Kier alpha value is -2.35. The highest BCUT2D eigenvalue weighted by Crippen LogP contribution is 2.20. The Morgan fingerprint density at radius 3 is 2.16 bits per heavy atom. The maximum Gasteiger partial charge on any atom is 0.243 e. The van der Waals surface area contributed by atoms with Gasteiger partial charge < -0.3 is 26.4 Å². The molecule has 1 aliphatic carbocycles. The van der Waals surface area contributed by atoms with E-state index in [9.17, 15) is 36.7 Å². The van der Waals surface area contributed by atoms with E-state index in [2.05, 4.69) is 21.3 Å². The number of nitrogens with one attached hydrogen (secondary N) is 4. The van der Waals surface area contributed by atoms with Crippen LogP contribution in [0.5, 0.6) is 0 Å². The molecule has 14 heteroatoms. The van der Waals surface area contributed by atoms with Crippen LogP contribution >= 0.6 is 12.4 Å². The van der Waals surface area contributed by atoms with Gasteiger partial charge in [0, 0.05) is 38.5 Å². The van der Waals surface area contributed by atoms with Crippen molar-refractivity contribution in [1.29, 1.82) is 0 Å². The van der Waals surface area contributed by atoms with Gasteiger partial charge in [-0.25, -0.2) is 17.2 Å². The summed E-state index contributed by atoms with van der Waals surface area (Å²) in [5.41, 5.74) is 0.195. The van der Waals surface area contributed by atoms with Gasteiger partial charge in [0.25, 0.3) is 0 Å². The zero-order chi connectivity index (χ0) is 31.3. The Labute approximate surface area is 259 Å². The third kappa shape index (κ3) is 14.8. The molecule has 5 N–H and O–H groups in total. The van der Waals surface area contributed by atoms with Gasteiger partial charge in [-0.2, -0.15) is 0 Å². The van der Waals surface area contributed by atoms with E-state index in [-0.39, 0.29) is 62.3 Å². The van der Waals surface area contributed by atoms with Crippen molar-refractivity contribution in [2.45, 2.75) is 108 Å². The highest BCUT2D eigenvalue weighted by molar-refractivity contribution is 7.92. The van der Waals surface area contributed by atoms with Crippen molar-refractivity contribution >= 4 is 40.0 Å². The van der Waals surface area contributed by atoms with Crippen molar-refractivity contribution in [1.82, 2.24) is 21.3 Å². The van der Waals surface area contributed by atoms with Gasteiger partial charge >= 0.3 is 0 Å². The number of amides is 3. The molecule has 1 fully saturated rings. The molecular weight excluding hydrogens is 606 g/mol. The van der Waals surface area contributed by atoms with E-state index in [0.717, 1.165) is 25.0 Å². The molecule has 0 aromatic heterocycles. The minimum atomic E-state index is -3.82. The van der Waals surface area contributed by atoms with E-state index in [0.29, 0.717) is 31.7 Å². The molecule has 2 rings (SSSR count). The summed E-state index contributed by atoms with van der Waals surface area (Å²) < 4.78 is 54.6. The number of hydrogen-bond acceptors (Lipinski definition) is 7. The molecule has 1 aromatic carbocycles. The number of aliphatic hydroxyl groups is 1. The topological polar surface area (TPSA) is 154 Å². The second kappa shape index (κ2) is 19.1. The first-order valence-electron chi connectivity index (χ1n) is 14.8. The number of aliphatic hydroxyl groups excluding tert-OH is 1. The van der Waals surface area contributed by atoms with Crippen molar-refractivity contribution in [2.24, 2.45) is 0 Å². The van der Waals surface area contributed by atoms with Crippen LogP contribution in [0.2, 0.25) is 0 Å². The molecule has 43 heavy (non-hydrogen) atoms. The lowest BCUT2D eigenvalue weighted by Gasteiger charge is -2.28. The van der Waals surface area contributed by atoms with Gasteiger partial charge in [-0.05, 0) is 56.2 Å². The molecule has 0 heterocycles. The van der Waals surface area contributed by atoms with Crippen molar-refractivity contribution in [3.8, 4) is 0 Å². The predicted octanol–water partition coefficient (Wildman–Crippen LogP) is 2.31. The fourth-order valence-electron chi connectivity index (χ4n) is 4.75. The van der Waals surface area contributed by atoms with E-state index in [4.69, 9.17) is 0 Å². The lowest BCUT2D eigenvalue weighted by Crippen LogP contribution is -2.57. The molecule has 0 spiro atoms. The molecule has 0 radical (unpaired) electrons. The van der Waals surface area contributed by atoms with Gasteiger partial charge in [-0.3, -0.25) is 14.4 Å². The lowest BCUT2D eigenvalue weighted by atomic mass is 10.00. The monoisotopic (exact) mass is 652 g/mol. The van der Waals surface area contributed by atoms with Crippen LogP contribution in [-0.2, 0) is 30.6 Å². The van der Waals surface area contributed by atoms with Crippen molar-refractivity contribution in [3.05, 3.63) is 35.4 Å². The molecule has 0 saturated heterocycles. The first kappa shape index (κ1) is 38.7. The highest BCUT2D eigenvalue weighted by Gasteiger charge is 2.34. The Bertz CT molecular complexity index is 1130. The fourth-order valence-corrected chi connectivity index (χ4v) is 6.91. The largest absolute Gasteiger partial charge is 0.390 e. The fraction of sp³-hybridized carbons (Fsp3) is 0.690. The summed E-state index contributed by atoms with van der Waals surface area (Å²) in [6.45, 7) is 5.42. The van der Waals surface area contributed by atoms with Gasteiger partial charge in [-0.15, -0.1) is 12.4 Å². The van der Waals surface area contributed by atoms with Crippen LogP contribution < -0.4 is 21.3 Å². The summed E-state index contributed by atoms with van der Waals surface area (Å²) in [6, 6.07) is 0.660. The van der Waals surface area contributed by atoms with Crippen LogP contribution in [0.1, 0.15) is 77.7 Å². The molecular formula is C29H47ClF2N4O6S. The molecule has 3 atom stereocenters. The lowest BCUT2D eigenvalue weighted by molar-refractivity contribution is -0.129. The quantitative estimate of drug-likeness (QED) is 0.136. The first-order valence-corrected chi connectivity index (χ1v) is 16.5. The number of sulfone groups is 1. The molecule has 0 unspecified atom stereocenters. The maximum atomic E-state index is 13.9. The van der Waals surface area contributed by atoms with Crippen molar-refractivity contribution in [3.63, 3.8) is 0 Å². The third-order valence-electron chi connectivity index (χ3n) is 7.10. The molecule has 246 valence electrons. The van der Waals surface area contributed by atoms with E-state index in [1.807, 2.05) is 13.8 Å². The number of benzene rings is 1. The molecule has 0 aliphatic heterocycles. The Balaban J connectivity index is 0.00000924. The van der Waals surface area contributed by atoms with Crippen molar-refractivity contribution in [2.75, 3.05) is 18.8 Å². The van der Waals surface area contributed by atoms with Gasteiger partial charge in [0.15, 0.2) is 9.84 Å². The Morgan fingerprint density at radius 1 is 1.02 bits per heavy atom. The number of rotatable bonds is 20. The minimum Gasteiger partial charge on any atom is -0.390 e. The second-order valence-electron chi connectivity index (χ2n) is 11.1. The molecule has 1 aromatic rings. The first-order chi connectivity index (χ1) is 19.8. The average molecular weight is 653 g/mol. The van der Waals surface area contributed by atoms with Crippen LogP contribution in [0.3, 0.4) is 0 Å². The van der Waals surface area contributed by atoms with Gasteiger partial charge in [0.05, 0.1) is 23.1 Å². The predicted molar refractivity (Wildman–Crippen MR) is 164 cm³/mol. The van der Waals surface area contributed by atoms with Crippen LogP contribution in [-0.4, -0.2) is 79.6 Å². The van der Waals surface area contributed by atoms with Gasteiger partial charge in [-0.1, -0.05) is 26.7 Å². The molecule has 3 amide bonds. The zero-order valence-electron chi connectivity index (χ0n) is 25.2. The summed E-state index contributed by atoms with van der Waals surface area (Å²) >= 11 is 0. The third-order valence-corrected chi connectivity index (χ3v) is 9.38. The molecule has 1 aliphatic rings. The SMILES string of the molecule is CCCC(CCC)S(=O)(=O)C[C@@H](NC(=O)CCCNC(C)=O)C(=O)N[C@@H](Cc1cc(F)cc(F)c1)[C@H](O)CNC1CC1.Cl. The number of carbonyl (C=O) groups is 3. The van der Waals surface area contributed by atoms with E-state index in [1.165, 1.54) is 6.92 Å². The Kier molecular flexibility index (Phi) is 17.2. The van der Waals surface area contributed by atoms with Crippen LogP contribution in [0.4, 0.5) is 8.78 Å². The summed E-state index contributed by atoms with van der Waals surface area (Å²) in [6.07, 6.45) is 2.89. The van der Waals surface area contributed by atoms with Crippen LogP contribution in [0, 0.1) is 11.6 Å². The van der Waals surface area contributed by atoms with E-state index >= 15 is 0 Å². The van der Waals surface area contributed by atoms with Gasteiger partial charge in [0.1, 0.15) is 17.7 Å². The standard InChI is InChI=1S/C29H46F2N4O6S.ClH/c1-4-7-24(8-5-2)42(40,41)18-26(34-28(38)9-6-12-32-19(3)36)29(39)35-25(27(37)17-33-23-10-11-23)15-20-13-21(30)16-22(31)14-20;/h13-14,16,23-27,33,37H,4-12,15,17-18H2,1-3H3,(H,32,36)(H,34,38)(H,35,39);1H/t25-,26+,27+;/m0./s1. The summed E-state index contributed by atoms with van der Waals surface area (Å²) in [5.74, 6) is -3.91. The summed E-state index contributed by atoms with van der Waals surface area (Å²) in [7, 11) is -3.82. The number of halogens is 3. The minimum absolute atomic E-state index is 0. The second-order valence-corrected chi connectivity index (χ2v) is 13.4. The maximum absolute atomic E-state index is 13.9. The Morgan fingerprint density at radius 2 is 1.63 bits per heavy atom. The van der Waals surface area contributed by atoms with E-state index in [1.54, 1.807) is 0 Å². The normalized spacial score (nSPS) is 15.2. The van der Waals surface area contributed by atoms with E-state index < -0.39 is 62.5 Å². The van der Waals surface area contributed by atoms with Crippen LogP contribution in [0.15, 0.2) is 18.2 Å². The number of carbonyl (C=O) groups excluding carboxylic acids is 3. The van der Waals surface area contributed by atoms with Crippen molar-refractivity contribution < 1.29 is 36.7 Å². The van der Waals surface area contributed by atoms with Crippen LogP contribution in [0.25, 0.3) is 0 Å². The highest BCUT2D eigenvalue weighted by atomic mass is 35.5. The average Bonchev–Trinajstić information content (AvgIpc) is 3.72. The van der Waals surface area contributed by atoms with Gasteiger partial charge in [0.2, 0.25) is 17.7 Å². The summed E-state index contributed by atoms with van der Waals surface area (Å²) in [4.78, 5) is 37.4. The zero-order valence-corrected chi connectivity index (χ0v) is 26.8. The smallest absolute Gasteiger partial charge is 0.243 e. The molecule has 1 saturated carbocycles. The number of hydrogen-bond donors (Lipinski definition) is 5. The molecule has 0 bridgehead atoms.